The molecule has 0 bridgehead atoms. The van der Waals surface area contributed by atoms with Crippen LogP contribution in [0.1, 0.15) is 32.6 Å². The Kier molecular flexibility index (Phi) is 11.8. The van der Waals surface area contributed by atoms with Gasteiger partial charge in [-0.05, 0) is 0 Å². The maximum absolute atomic E-state index is 10.1. The minimum absolute atomic E-state index is 0.124. The number of unbranched alkanes of at least 4 members (excludes halogenated alkanes) is 1. The number of rotatable bonds is 11. The van der Waals surface area contributed by atoms with Crippen LogP contribution in [-0.4, -0.2) is 39.6 Å². The molecule has 0 atom stereocenters. The van der Waals surface area contributed by atoms with E-state index in [9.17, 15) is 10.1 Å². The summed E-state index contributed by atoms with van der Waals surface area (Å²) in [5.41, 5.74) is 0.939. The number of allylic oxidation sites excluding steroid dienone is 2. The molecule has 4 nitrogen and oxygen atoms in total. The first-order valence-electron chi connectivity index (χ1n) is 5.97. The Morgan fingerprint density at radius 3 is 2.94 bits per heavy atom. The molecule has 0 N–H and O–H groups in total. The van der Waals surface area contributed by atoms with E-state index in [-0.39, 0.29) is 11.5 Å². The van der Waals surface area contributed by atoms with Crippen LogP contribution in [0.3, 0.4) is 0 Å². The molecule has 96 valence electrons. The molecule has 5 heteroatoms. The van der Waals surface area contributed by atoms with E-state index in [1.807, 2.05) is 0 Å². The van der Waals surface area contributed by atoms with Crippen molar-refractivity contribution in [3.8, 4) is 0 Å². The summed E-state index contributed by atoms with van der Waals surface area (Å²) in [4.78, 5) is 9.72. The van der Waals surface area contributed by atoms with Gasteiger partial charge in [0.2, 0.25) is 0 Å². The second-order valence-electron chi connectivity index (χ2n) is 3.78. The SMILES string of the molecule is C=C(/C=C\C[N+](=O)[O-])CCC[O][Sn][CH2]CCC. The van der Waals surface area contributed by atoms with Crippen LogP contribution in [0, 0.1) is 10.1 Å². The van der Waals surface area contributed by atoms with Crippen LogP contribution >= 0.6 is 0 Å². The molecule has 2 radical (unpaired) electrons. The third kappa shape index (κ3) is 13.6. The summed E-state index contributed by atoms with van der Waals surface area (Å²) in [6, 6.07) is 0. The van der Waals surface area contributed by atoms with Crippen molar-refractivity contribution in [2.45, 2.75) is 37.0 Å². The standard InChI is InChI=1S/C8H12NO3.C4H9.Sn/c1-8(5-3-7-10)4-2-6-9(11)12;1-3-4-2;/h2,4H,1,3,5-7H2;1,3-4H2,2H3;/q-1;;+1/b4-2-;;. The quantitative estimate of drug-likeness (QED) is 0.190. The fourth-order valence-electron chi connectivity index (χ4n) is 1.15. The van der Waals surface area contributed by atoms with E-state index in [1.165, 1.54) is 17.3 Å². The molecular weight excluding hydrogens is 325 g/mol. The molecule has 0 aromatic rings. The molecule has 0 aromatic carbocycles. The molecule has 0 aliphatic carbocycles. The Morgan fingerprint density at radius 2 is 2.29 bits per heavy atom. The van der Waals surface area contributed by atoms with Gasteiger partial charge in [0.1, 0.15) is 0 Å². The van der Waals surface area contributed by atoms with E-state index >= 15 is 0 Å². The summed E-state index contributed by atoms with van der Waals surface area (Å²) >= 11 is -0.563. The zero-order chi connectivity index (χ0) is 12.9. The molecule has 0 unspecified atom stereocenters. The van der Waals surface area contributed by atoms with Crippen molar-refractivity contribution in [1.29, 1.82) is 0 Å². The first kappa shape index (κ1) is 16.6. The Hall–Kier alpha value is -0.361. The van der Waals surface area contributed by atoms with Gasteiger partial charge in [-0.25, -0.2) is 0 Å². The third-order valence-electron chi connectivity index (χ3n) is 2.09. The van der Waals surface area contributed by atoms with Crippen LogP contribution in [0.4, 0.5) is 0 Å². The first-order valence-corrected chi connectivity index (χ1v) is 9.16. The molecule has 0 rings (SSSR count). The summed E-state index contributed by atoms with van der Waals surface area (Å²) in [6.07, 6.45) is 7.65. The predicted octanol–water partition coefficient (Wildman–Crippen LogP) is 3.01. The van der Waals surface area contributed by atoms with Crippen LogP contribution in [0.5, 0.6) is 0 Å². The van der Waals surface area contributed by atoms with E-state index in [4.69, 9.17) is 3.07 Å². The molecule has 0 fully saturated rings. The van der Waals surface area contributed by atoms with Gasteiger partial charge in [0.05, 0.1) is 0 Å². The second kappa shape index (κ2) is 12.1. The summed E-state index contributed by atoms with van der Waals surface area (Å²) < 4.78 is 6.92. The zero-order valence-corrected chi connectivity index (χ0v) is 13.3. The predicted molar refractivity (Wildman–Crippen MR) is 70.8 cm³/mol. The molecule has 0 saturated heterocycles. The number of nitrogens with zero attached hydrogens (tertiary/aromatic N) is 1. The van der Waals surface area contributed by atoms with Crippen molar-refractivity contribution < 1.29 is 8.00 Å². The molecule has 0 aliphatic rings. The summed E-state index contributed by atoms with van der Waals surface area (Å²) in [5, 5.41) is 10.1. The molecule has 0 aliphatic heterocycles. The Morgan fingerprint density at radius 1 is 1.53 bits per heavy atom. The Balaban J connectivity index is 3.33. The van der Waals surface area contributed by atoms with E-state index in [1.54, 1.807) is 12.2 Å². The molecule has 0 heterocycles. The maximum atomic E-state index is 10.1. The molecule has 0 amide bonds. The van der Waals surface area contributed by atoms with Crippen molar-refractivity contribution in [1.82, 2.24) is 0 Å². The van der Waals surface area contributed by atoms with Crippen LogP contribution in [0.2, 0.25) is 4.44 Å². The molecule has 0 saturated carbocycles. The van der Waals surface area contributed by atoms with Gasteiger partial charge < -0.3 is 0 Å². The van der Waals surface area contributed by atoms with Crippen LogP contribution in [-0.2, 0) is 3.07 Å². The number of hydrogen-bond acceptors (Lipinski definition) is 3. The van der Waals surface area contributed by atoms with Gasteiger partial charge in [-0.1, -0.05) is 0 Å². The minimum atomic E-state index is -0.563. The normalized spacial score (nSPS) is 10.9. The first-order chi connectivity index (χ1) is 8.16. The fourth-order valence-corrected chi connectivity index (χ4v) is 3.81. The second-order valence-corrected chi connectivity index (χ2v) is 6.85. The van der Waals surface area contributed by atoms with Gasteiger partial charge >= 0.3 is 114 Å². The van der Waals surface area contributed by atoms with Crippen molar-refractivity contribution >= 4 is 21.6 Å². The summed E-state index contributed by atoms with van der Waals surface area (Å²) in [5.74, 6) is 0. The van der Waals surface area contributed by atoms with E-state index in [0.717, 1.165) is 25.0 Å². The van der Waals surface area contributed by atoms with Crippen molar-refractivity contribution in [3.63, 3.8) is 0 Å². The van der Waals surface area contributed by atoms with E-state index in [2.05, 4.69) is 13.5 Å². The van der Waals surface area contributed by atoms with Crippen molar-refractivity contribution in [2.24, 2.45) is 0 Å². The number of nitro groups is 1. The zero-order valence-electron chi connectivity index (χ0n) is 10.5. The monoisotopic (exact) mass is 347 g/mol. The van der Waals surface area contributed by atoms with E-state index < -0.39 is 21.6 Å². The molecule has 0 aromatic heterocycles. The Bertz CT molecular complexity index is 254. The molecule has 0 spiro atoms. The van der Waals surface area contributed by atoms with Crippen LogP contribution < -0.4 is 0 Å². The third-order valence-corrected chi connectivity index (χ3v) is 4.84. The average molecular weight is 346 g/mol. The number of hydrogen-bond donors (Lipinski definition) is 0. The van der Waals surface area contributed by atoms with Crippen molar-refractivity contribution in [2.75, 3.05) is 13.2 Å². The van der Waals surface area contributed by atoms with Crippen LogP contribution in [0.15, 0.2) is 24.3 Å². The summed E-state index contributed by atoms with van der Waals surface area (Å²) in [6.45, 7) is 6.74. The fraction of sp³-hybridized carbons (Fsp3) is 0.667. The van der Waals surface area contributed by atoms with Gasteiger partial charge in [-0.3, -0.25) is 0 Å². The van der Waals surface area contributed by atoms with Gasteiger partial charge in [0.25, 0.3) is 0 Å². The van der Waals surface area contributed by atoms with Crippen molar-refractivity contribution in [3.05, 3.63) is 34.4 Å². The molecular formula is C12H21NO3Sn. The molecule has 17 heavy (non-hydrogen) atoms. The van der Waals surface area contributed by atoms with Gasteiger partial charge in [0, 0.05) is 0 Å². The summed E-state index contributed by atoms with van der Waals surface area (Å²) in [7, 11) is 0. The topological polar surface area (TPSA) is 52.4 Å². The van der Waals surface area contributed by atoms with E-state index in [0.29, 0.717) is 0 Å². The average Bonchev–Trinajstić information content (AvgIpc) is 2.27. The Labute approximate surface area is 114 Å². The van der Waals surface area contributed by atoms with Crippen LogP contribution in [0.25, 0.3) is 0 Å². The van der Waals surface area contributed by atoms with Gasteiger partial charge in [-0.2, -0.15) is 0 Å². The van der Waals surface area contributed by atoms with Gasteiger partial charge in [-0.15, -0.1) is 0 Å². The van der Waals surface area contributed by atoms with Gasteiger partial charge in [0.15, 0.2) is 0 Å².